The largest absolute Gasteiger partial charge is 0.464 e. The summed E-state index contributed by atoms with van der Waals surface area (Å²) in [4.78, 5) is 10.7. The van der Waals surface area contributed by atoms with Crippen LogP contribution in [-0.4, -0.2) is 10.9 Å². The number of benzene rings is 1. The molecule has 88 valence electrons. The van der Waals surface area contributed by atoms with Crippen LogP contribution in [0.4, 0.5) is 0 Å². The first-order chi connectivity index (χ1) is 8.25. The number of thioether (sulfide) groups is 1. The number of rotatable bonds is 4. The lowest BCUT2D eigenvalue weighted by atomic mass is 10.1. The number of hydrogen-bond acceptors (Lipinski definition) is 3. The van der Waals surface area contributed by atoms with Gasteiger partial charge in [0.15, 0.2) is 5.12 Å². The van der Waals surface area contributed by atoms with Crippen molar-refractivity contribution in [2.45, 2.75) is 13.3 Å². The van der Waals surface area contributed by atoms with Gasteiger partial charge in [-0.1, -0.05) is 30.0 Å². The minimum Gasteiger partial charge on any atom is -0.464 e. The van der Waals surface area contributed by atoms with E-state index >= 15 is 0 Å². The second-order valence-electron chi connectivity index (χ2n) is 3.75. The Morgan fingerprint density at radius 3 is 3.12 bits per heavy atom. The van der Waals surface area contributed by atoms with Crippen LogP contribution in [-0.2, 0) is 4.79 Å². The maximum atomic E-state index is 10.7. The van der Waals surface area contributed by atoms with Gasteiger partial charge in [0, 0.05) is 18.1 Å². The van der Waals surface area contributed by atoms with Crippen LogP contribution in [0.15, 0.2) is 41.0 Å². The van der Waals surface area contributed by atoms with E-state index in [-0.39, 0.29) is 5.12 Å². The van der Waals surface area contributed by atoms with Crippen molar-refractivity contribution in [1.29, 1.82) is 0 Å². The van der Waals surface area contributed by atoms with E-state index in [0.29, 0.717) is 0 Å². The lowest BCUT2D eigenvalue weighted by Gasteiger charge is -1.94. The average molecular weight is 246 g/mol. The zero-order valence-corrected chi connectivity index (χ0v) is 10.5. The quantitative estimate of drug-likeness (QED) is 0.760. The summed E-state index contributed by atoms with van der Waals surface area (Å²) in [6, 6.07) is 8.05. The van der Waals surface area contributed by atoms with Crippen molar-refractivity contribution in [2.75, 3.05) is 5.75 Å². The van der Waals surface area contributed by atoms with Gasteiger partial charge in [-0.3, -0.25) is 4.79 Å². The molecule has 0 atom stereocenters. The topological polar surface area (TPSA) is 30.2 Å². The highest BCUT2D eigenvalue weighted by atomic mass is 32.2. The fraction of sp³-hybridized carbons (Fsp3) is 0.214. The maximum absolute atomic E-state index is 10.7. The average Bonchev–Trinajstić information content (AvgIpc) is 2.75. The lowest BCUT2D eigenvalue weighted by Crippen LogP contribution is -1.83. The Morgan fingerprint density at radius 1 is 1.41 bits per heavy atom. The Balaban J connectivity index is 1.93. The number of carbonyl (C=O) groups is 1. The molecule has 2 nitrogen and oxygen atoms in total. The van der Waals surface area contributed by atoms with E-state index in [1.54, 1.807) is 13.2 Å². The minimum absolute atomic E-state index is 0.179. The van der Waals surface area contributed by atoms with Gasteiger partial charge in [-0.25, -0.2) is 0 Å². The third kappa shape index (κ3) is 3.49. The van der Waals surface area contributed by atoms with Gasteiger partial charge < -0.3 is 4.42 Å². The molecule has 0 saturated heterocycles. The number of furan rings is 1. The van der Waals surface area contributed by atoms with E-state index in [1.807, 2.05) is 18.2 Å². The molecule has 0 saturated carbocycles. The van der Waals surface area contributed by atoms with Crippen LogP contribution in [0.3, 0.4) is 0 Å². The zero-order valence-electron chi connectivity index (χ0n) is 9.68. The molecule has 0 aliphatic heterocycles. The molecule has 0 unspecified atom stereocenters. The van der Waals surface area contributed by atoms with Gasteiger partial charge in [0.2, 0.25) is 0 Å². The van der Waals surface area contributed by atoms with Crippen LogP contribution in [0.25, 0.3) is 17.0 Å². The maximum Gasteiger partial charge on any atom is 0.185 e. The van der Waals surface area contributed by atoms with Crippen LogP contribution < -0.4 is 0 Å². The molecule has 2 aromatic rings. The molecule has 0 spiro atoms. The van der Waals surface area contributed by atoms with Crippen LogP contribution in [0.1, 0.15) is 18.9 Å². The number of carbonyl (C=O) groups excluding carboxylic acids is 1. The predicted octanol–water partition coefficient (Wildman–Crippen LogP) is 4.12. The number of fused-ring (bicyclic) bond motifs is 1. The summed E-state index contributed by atoms with van der Waals surface area (Å²) in [6.45, 7) is 1.60. The van der Waals surface area contributed by atoms with Gasteiger partial charge in [-0.15, -0.1) is 0 Å². The van der Waals surface area contributed by atoms with Crippen molar-refractivity contribution in [3.8, 4) is 0 Å². The number of allylic oxidation sites excluding steroid dienone is 1. The molecule has 3 heteroatoms. The van der Waals surface area contributed by atoms with E-state index in [1.165, 1.54) is 11.8 Å². The molecule has 0 N–H and O–H groups in total. The van der Waals surface area contributed by atoms with Crippen LogP contribution in [0.2, 0.25) is 0 Å². The summed E-state index contributed by atoms with van der Waals surface area (Å²) in [5, 5.41) is 1.29. The third-order valence-electron chi connectivity index (χ3n) is 2.38. The van der Waals surface area contributed by atoms with Crippen molar-refractivity contribution in [2.24, 2.45) is 0 Å². The van der Waals surface area contributed by atoms with Crippen LogP contribution in [0, 0.1) is 0 Å². The van der Waals surface area contributed by atoms with Crippen molar-refractivity contribution in [3.63, 3.8) is 0 Å². The van der Waals surface area contributed by atoms with Gasteiger partial charge in [-0.05, 0) is 30.2 Å². The van der Waals surface area contributed by atoms with E-state index in [2.05, 4.69) is 18.2 Å². The molecule has 0 radical (unpaired) electrons. The standard InChI is InChI=1S/C14H14O2S/c1-11(15)17-9-3-2-4-12-5-6-14-13(10-12)7-8-16-14/h2,4-8,10H,3,9H2,1H3. The zero-order chi connectivity index (χ0) is 12.1. The second kappa shape index (κ2) is 5.73. The monoisotopic (exact) mass is 246 g/mol. The summed E-state index contributed by atoms with van der Waals surface area (Å²) < 4.78 is 5.28. The van der Waals surface area contributed by atoms with Crippen molar-refractivity contribution in [1.82, 2.24) is 0 Å². The molecule has 0 fully saturated rings. The molecule has 0 aliphatic rings. The molecular weight excluding hydrogens is 232 g/mol. The summed E-state index contributed by atoms with van der Waals surface area (Å²) in [5.74, 6) is 0.847. The highest BCUT2D eigenvalue weighted by molar-refractivity contribution is 8.13. The Hall–Kier alpha value is -1.48. The molecule has 2 rings (SSSR count). The first-order valence-corrected chi connectivity index (χ1v) is 6.51. The fourth-order valence-corrected chi connectivity index (χ4v) is 2.12. The summed E-state index contributed by atoms with van der Waals surface area (Å²) in [5.41, 5.74) is 2.07. The Bertz CT molecular complexity index is 540. The molecule has 0 amide bonds. The molecule has 0 aliphatic carbocycles. The van der Waals surface area contributed by atoms with Crippen molar-refractivity contribution < 1.29 is 9.21 Å². The minimum atomic E-state index is 0.179. The van der Waals surface area contributed by atoms with Gasteiger partial charge in [0.1, 0.15) is 5.58 Å². The molecule has 1 heterocycles. The van der Waals surface area contributed by atoms with E-state index in [0.717, 1.165) is 28.7 Å². The fourth-order valence-electron chi connectivity index (χ4n) is 1.58. The predicted molar refractivity (Wildman–Crippen MR) is 73.0 cm³/mol. The Morgan fingerprint density at radius 2 is 2.29 bits per heavy atom. The van der Waals surface area contributed by atoms with Gasteiger partial charge in [-0.2, -0.15) is 0 Å². The number of hydrogen-bond donors (Lipinski definition) is 0. The molecule has 17 heavy (non-hydrogen) atoms. The summed E-state index contributed by atoms with van der Waals surface area (Å²) in [7, 11) is 0. The highest BCUT2D eigenvalue weighted by Crippen LogP contribution is 2.18. The SMILES string of the molecule is CC(=O)SCCC=Cc1ccc2occc2c1. The summed E-state index contributed by atoms with van der Waals surface area (Å²) in [6.07, 6.45) is 6.78. The van der Waals surface area contributed by atoms with E-state index in [9.17, 15) is 4.79 Å². The highest BCUT2D eigenvalue weighted by Gasteiger charge is 1.96. The van der Waals surface area contributed by atoms with Crippen molar-refractivity contribution >= 4 is 33.9 Å². The van der Waals surface area contributed by atoms with Gasteiger partial charge >= 0.3 is 0 Å². The van der Waals surface area contributed by atoms with Gasteiger partial charge in [0.05, 0.1) is 6.26 Å². The Kier molecular flexibility index (Phi) is 4.04. The van der Waals surface area contributed by atoms with Crippen LogP contribution >= 0.6 is 11.8 Å². The normalized spacial score (nSPS) is 11.4. The molecule has 1 aromatic carbocycles. The van der Waals surface area contributed by atoms with Crippen molar-refractivity contribution in [3.05, 3.63) is 42.2 Å². The van der Waals surface area contributed by atoms with E-state index < -0.39 is 0 Å². The molecule has 0 bridgehead atoms. The third-order valence-corrected chi connectivity index (χ3v) is 3.22. The van der Waals surface area contributed by atoms with Gasteiger partial charge in [0.25, 0.3) is 0 Å². The smallest absolute Gasteiger partial charge is 0.185 e. The van der Waals surface area contributed by atoms with Crippen LogP contribution in [0.5, 0.6) is 0 Å². The molecule has 1 aromatic heterocycles. The Labute approximate surface area is 105 Å². The first-order valence-electron chi connectivity index (χ1n) is 5.53. The summed E-state index contributed by atoms with van der Waals surface area (Å²) >= 11 is 1.37. The second-order valence-corrected chi connectivity index (χ2v) is 5.02. The first kappa shape index (κ1) is 12.0. The molecular formula is C14H14O2S. The lowest BCUT2D eigenvalue weighted by molar-refractivity contribution is -0.109. The van der Waals surface area contributed by atoms with E-state index in [4.69, 9.17) is 4.42 Å².